The highest BCUT2D eigenvalue weighted by Crippen LogP contribution is 2.21. The van der Waals surface area contributed by atoms with Gasteiger partial charge in [0.1, 0.15) is 12.4 Å². The van der Waals surface area contributed by atoms with Crippen molar-refractivity contribution >= 4 is 17.3 Å². The number of carbonyl (C=O) groups is 1. The van der Waals surface area contributed by atoms with Gasteiger partial charge in [0.05, 0.1) is 0 Å². The Labute approximate surface area is 170 Å². The fourth-order valence-electron chi connectivity index (χ4n) is 3.50. The van der Waals surface area contributed by atoms with Crippen LogP contribution in [0.5, 0.6) is 0 Å². The molecule has 2 aromatic carbocycles. The fourth-order valence-corrected chi connectivity index (χ4v) is 3.50. The van der Waals surface area contributed by atoms with Gasteiger partial charge in [-0.2, -0.15) is 0 Å². The van der Waals surface area contributed by atoms with E-state index in [2.05, 4.69) is 49.8 Å². The Hall–Kier alpha value is -3.26. The van der Waals surface area contributed by atoms with E-state index in [1.807, 2.05) is 42.5 Å². The van der Waals surface area contributed by atoms with Crippen LogP contribution in [0.1, 0.15) is 11.6 Å². The normalized spacial score (nSPS) is 15.8. The number of hydrogen-bond donors (Lipinski definition) is 1. The summed E-state index contributed by atoms with van der Waals surface area (Å²) >= 11 is 0. The zero-order valence-electron chi connectivity index (χ0n) is 16.5. The van der Waals surface area contributed by atoms with Crippen molar-refractivity contribution in [1.29, 1.82) is 0 Å². The molecule has 1 atom stereocenters. The molecule has 1 aliphatic rings. The molecule has 0 spiro atoms. The summed E-state index contributed by atoms with van der Waals surface area (Å²) in [6.45, 7) is 4.15. The molecule has 0 saturated carbocycles. The standard InChI is InChI=1S/C21H25N7O/c1-26-11-13-27(14-12-26)19-9-7-18(8-10-19)23-21(29)20(28-16-22-24-25-28)15-17-5-3-2-4-6-17/h2-10,16,20H,11-15H2,1H3,(H,23,29). The lowest BCUT2D eigenvalue weighted by Crippen LogP contribution is -2.44. The maximum atomic E-state index is 13.0. The zero-order valence-corrected chi connectivity index (χ0v) is 16.5. The van der Waals surface area contributed by atoms with Gasteiger partial charge in [-0.15, -0.1) is 5.10 Å². The van der Waals surface area contributed by atoms with Gasteiger partial charge in [0, 0.05) is 44.0 Å². The van der Waals surface area contributed by atoms with Crippen molar-refractivity contribution in [3.63, 3.8) is 0 Å². The lowest BCUT2D eigenvalue weighted by Gasteiger charge is -2.34. The molecule has 0 radical (unpaired) electrons. The van der Waals surface area contributed by atoms with Crippen LogP contribution in [0.4, 0.5) is 11.4 Å². The third-order valence-electron chi connectivity index (χ3n) is 5.26. The number of carbonyl (C=O) groups excluding carboxylic acids is 1. The van der Waals surface area contributed by atoms with Crippen LogP contribution in [0.2, 0.25) is 0 Å². The number of nitrogens with one attached hydrogen (secondary N) is 1. The highest BCUT2D eigenvalue weighted by Gasteiger charge is 2.22. The minimum absolute atomic E-state index is 0.145. The van der Waals surface area contributed by atoms with E-state index in [1.54, 1.807) is 0 Å². The molecule has 0 aliphatic carbocycles. The quantitative estimate of drug-likeness (QED) is 0.691. The smallest absolute Gasteiger partial charge is 0.249 e. The Bertz CT molecular complexity index is 904. The van der Waals surface area contributed by atoms with Gasteiger partial charge in [0.2, 0.25) is 5.91 Å². The number of benzene rings is 2. The average Bonchev–Trinajstić information content (AvgIpc) is 3.28. The van der Waals surface area contributed by atoms with Gasteiger partial charge in [0.25, 0.3) is 0 Å². The molecule has 150 valence electrons. The SMILES string of the molecule is CN1CCN(c2ccc(NC(=O)C(Cc3ccccc3)n3cnnn3)cc2)CC1. The number of likely N-dealkylation sites (N-methyl/N-ethyl adjacent to an activating group) is 1. The highest BCUT2D eigenvalue weighted by atomic mass is 16.2. The van der Waals surface area contributed by atoms with Gasteiger partial charge < -0.3 is 15.1 Å². The topological polar surface area (TPSA) is 79.2 Å². The molecule has 1 saturated heterocycles. The summed E-state index contributed by atoms with van der Waals surface area (Å²) < 4.78 is 1.50. The van der Waals surface area contributed by atoms with E-state index in [1.165, 1.54) is 16.7 Å². The Morgan fingerprint density at radius 3 is 2.41 bits per heavy atom. The molecule has 1 fully saturated rings. The maximum absolute atomic E-state index is 13.0. The van der Waals surface area contributed by atoms with Crippen molar-refractivity contribution in [2.75, 3.05) is 43.4 Å². The van der Waals surface area contributed by atoms with E-state index in [0.29, 0.717) is 6.42 Å². The number of anilines is 2. The van der Waals surface area contributed by atoms with E-state index >= 15 is 0 Å². The van der Waals surface area contributed by atoms with Crippen LogP contribution in [-0.2, 0) is 11.2 Å². The second kappa shape index (κ2) is 8.83. The average molecular weight is 391 g/mol. The molecular formula is C21H25N7O. The van der Waals surface area contributed by atoms with Crippen LogP contribution in [0.15, 0.2) is 60.9 Å². The number of rotatable bonds is 6. The fraction of sp³-hybridized carbons (Fsp3) is 0.333. The summed E-state index contributed by atoms with van der Waals surface area (Å²) in [7, 11) is 2.15. The van der Waals surface area contributed by atoms with Crippen LogP contribution in [-0.4, -0.2) is 64.2 Å². The zero-order chi connectivity index (χ0) is 20.1. The van der Waals surface area contributed by atoms with E-state index in [9.17, 15) is 4.79 Å². The summed E-state index contributed by atoms with van der Waals surface area (Å²) in [6, 6.07) is 17.4. The van der Waals surface area contributed by atoms with Gasteiger partial charge in [-0.3, -0.25) is 4.79 Å². The Morgan fingerprint density at radius 2 is 1.76 bits per heavy atom. The van der Waals surface area contributed by atoms with Crippen molar-refractivity contribution in [3.8, 4) is 0 Å². The third-order valence-corrected chi connectivity index (χ3v) is 5.26. The monoisotopic (exact) mass is 391 g/mol. The Balaban J connectivity index is 1.44. The molecule has 1 unspecified atom stereocenters. The summed E-state index contributed by atoms with van der Waals surface area (Å²) in [5.74, 6) is -0.145. The van der Waals surface area contributed by atoms with Crippen molar-refractivity contribution < 1.29 is 4.79 Å². The first kappa shape index (κ1) is 19.1. The van der Waals surface area contributed by atoms with Crippen molar-refractivity contribution in [2.45, 2.75) is 12.5 Å². The number of amides is 1. The highest BCUT2D eigenvalue weighted by molar-refractivity contribution is 5.94. The summed E-state index contributed by atoms with van der Waals surface area (Å²) in [4.78, 5) is 17.7. The molecule has 1 N–H and O–H groups in total. The second-order valence-corrected chi connectivity index (χ2v) is 7.32. The van der Waals surface area contributed by atoms with Gasteiger partial charge in [0.15, 0.2) is 0 Å². The second-order valence-electron chi connectivity index (χ2n) is 7.32. The van der Waals surface area contributed by atoms with E-state index in [-0.39, 0.29) is 5.91 Å². The largest absolute Gasteiger partial charge is 0.369 e. The first-order chi connectivity index (χ1) is 14.2. The first-order valence-corrected chi connectivity index (χ1v) is 9.80. The molecule has 4 rings (SSSR count). The van der Waals surface area contributed by atoms with Gasteiger partial charge in [-0.1, -0.05) is 30.3 Å². The van der Waals surface area contributed by atoms with Crippen LogP contribution in [0.25, 0.3) is 0 Å². The minimum atomic E-state index is -0.523. The van der Waals surface area contributed by atoms with Crippen LogP contribution in [0, 0.1) is 0 Å². The third kappa shape index (κ3) is 4.78. The number of tetrazole rings is 1. The van der Waals surface area contributed by atoms with Crippen molar-refractivity contribution in [3.05, 3.63) is 66.5 Å². The predicted octanol–water partition coefficient (Wildman–Crippen LogP) is 1.85. The summed E-state index contributed by atoms with van der Waals surface area (Å²) in [6.07, 6.45) is 1.99. The van der Waals surface area contributed by atoms with Crippen LogP contribution in [0.3, 0.4) is 0 Å². The Kier molecular flexibility index (Phi) is 5.81. The molecule has 2 heterocycles. The molecule has 1 aliphatic heterocycles. The molecule has 3 aromatic rings. The van der Waals surface area contributed by atoms with Gasteiger partial charge >= 0.3 is 0 Å². The van der Waals surface area contributed by atoms with Crippen LogP contribution < -0.4 is 10.2 Å². The summed E-state index contributed by atoms with van der Waals surface area (Å²) in [5, 5.41) is 14.3. The van der Waals surface area contributed by atoms with Crippen molar-refractivity contribution in [1.82, 2.24) is 25.1 Å². The molecule has 0 bridgehead atoms. The Morgan fingerprint density at radius 1 is 1.03 bits per heavy atom. The summed E-state index contributed by atoms with van der Waals surface area (Å²) in [5.41, 5.74) is 2.99. The molecule has 8 heteroatoms. The van der Waals surface area contributed by atoms with Crippen LogP contribution >= 0.6 is 0 Å². The minimum Gasteiger partial charge on any atom is -0.369 e. The van der Waals surface area contributed by atoms with E-state index in [4.69, 9.17) is 0 Å². The number of hydrogen-bond acceptors (Lipinski definition) is 6. The molecular weight excluding hydrogens is 366 g/mol. The van der Waals surface area contributed by atoms with E-state index < -0.39 is 6.04 Å². The van der Waals surface area contributed by atoms with Crippen molar-refractivity contribution in [2.24, 2.45) is 0 Å². The lowest BCUT2D eigenvalue weighted by atomic mass is 10.1. The van der Waals surface area contributed by atoms with Gasteiger partial charge in [-0.05, 0) is 47.3 Å². The lowest BCUT2D eigenvalue weighted by molar-refractivity contribution is -0.119. The first-order valence-electron chi connectivity index (χ1n) is 9.80. The number of aromatic nitrogens is 4. The molecule has 8 nitrogen and oxygen atoms in total. The number of nitrogens with zero attached hydrogens (tertiary/aromatic N) is 6. The molecule has 29 heavy (non-hydrogen) atoms. The number of piperazine rings is 1. The maximum Gasteiger partial charge on any atom is 0.249 e. The molecule has 1 amide bonds. The molecule has 1 aromatic heterocycles. The van der Waals surface area contributed by atoms with E-state index in [0.717, 1.165) is 37.4 Å². The predicted molar refractivity (Wildman–Crippen MR) is 112 cm³/mol. The van der Waals surface area contributed by atoms with Gasteiger partial charge in [-0.25, -0.2) is 4.68 Å².